The second-order valence-electron chi connectivity index (χ2n) is 6.48. The molecule has 0 bridgehead atoms. The van der Waals surface area contributed by atoms with Crippen molar-refractivity contribution in [3.63, 3.8) is 0 Å². The molecule has 0 spiro atoms. The van der Waals surface area contributed by atoms with E-state index in [1.165, 1.54) is 12.1 Å². The number of hydrogen-bond donors (Lipinski definition) is 1. The van der Waals surface area contributed by atoms with Crippen LogP contribution in [0.3, 0.4) is 0 Å². The molecule has 0 aliphatic heterocycles. The van der Waals surface area contributed by atoms with Gasteiger partial charge in [-0.05, 0) is 24.8 Å². The molecule has 0 heterocycles. The van der Waals surface area contributed by atoms with Crippen LogP contribution in [0.5, 0.6) is 0 Å². The first-order valence-electron chi connectivity index (χ1n) is 7.89. The number of benzene rings is 1. The standard InChI is InChI=1S/C17H25F2NO2/c1-12(2)10-22-11-16(21)9-20(15-5-6-15)8-13-3-4-14(18)7-17(13)19/h3-4,7,12,15-16,21H,5-6,8-11H2,1-2H3. The Hall–Kier alpha value is -1.04. The molecule has 1 aromatic carbocycles. The van der Waals surface area contributed by atoms with E-state index in [4.69, 9.17) is 4.74 Å². The maximum Gasteiger partial charge on any atom is 0.130 e. The highest BCUT2D eigenvalue weighted by atomic mass is 19.1. The summed E-state index contributed by atoms with van der Waals surface area (Å²) in [4.78, 5) is 2.06. The van der Waals surface area contributed by atoms with E-state index < -0.39 is 17.7 Å². The molecular weight excluding hydrogens is 288 g/mol. The third-order valence-electron chi connectivity index (χ3n) is 3.66. The summed E-state index contributed by atoms with van der Waals surface area (Å²) in [6, 6.07) is 4.03. The van der Waals surface area contributed by atoms with Gasteiger partial charge in [-0.25, -0.2) is 8.78 Å². The molecule has 0 aromatic heterocycles. The Balaban J connectivity index is 1.87. The molecule has 0 radical (unpaired) electrons. The smallest absolute Gasteiger partial charge is 0.130 e. The second kappa shape index (κ2) is 7.99. The van der Waals surface area contributed by atoms with Crippen LogP contribution < -0.4 is 0 Å². The van der Waals surface area contributed by atoms with Gasteiger partial charge in [-0.1, -0.05) is 19.9 Å². The molecule has 1 N–H and O–H groups in total. The predicted octanol–water partition coefficient (Wildman–Crippen LogP) is 2.96. The van der Waals surface area contributed by atoms with E-state index in [0.717, 1.165) is 18.9 Å². The van der Waals surface area contributed by atoms with Crippen LogP contribution in [-0.4, -0.2) is 41.9 Å². The molecule has 0 amide bonds. The molecule has 1 atom stereocenters. The van der Waals surface area contributed by atoms with Crippen LogP contribution in [0, 0.1) is 17.6 Å². The Morgan fingerprint density at radius 1 is 1.27 bits per heavy atom. The summed E-state index contributed by atoms with van der Waals surface area (Å²) in [5.74, 6) is -0.669. The Kier molecular flexibility index (Phi) is 6.29. The van der Waals surface area contributed by atoms with Crippen molar-refractivity contribution >= 4 is 0 Å². The van der Waals surface area contributed by atoms with Crippen LogP contribution in [0.25, 0.3) is 0 Å². The minimum atomic E-state index is -0.595. The number of aliphatic hydroxyl groups is 1. The summed E-state index contributed by atoms with van der Waals surface area (Å²) < 4.78 is 32.2. The molecule has 1 aliphatic carbocycles. The third-order valence-corrected chi connectivity index (χ3v) is 3.66. The molecule has 1 saturated carbocycles. The monoisotopic (exact) mass is 313 g/mol. The molecular formula is C17H25F2NO2. The zero-order valence-electron chi connectivity index (χ0n) is 13.3. The summed E-state index contributed by atoms with van der Waals surface area (Å²) in [7, 11) is 0. The Labute approximate surface area is 130 Å². The van der Waals surface area contributed by atoms with Gasteiger partial charge in [-0.2, -0.15) is 0 Å². The zero-order valence-corrected chi connectivity index (χ0v) is 13.3. The van der Waals surface area contributed by atoms with Gasteiger partial charge in [0.25, 0.3) is 0 Å². The van der Waals surface area contributed by atoms with Crippen molar-refractivity contribution in [2.45, 2.75) is 45.4 Å². The van der Waals surface area contributed by atoms with Crippen LogP contribution >= 0.6 is 0 Å². The normalized spacial score (nSPS) is 16.5. The molecule has 1 aliphatic rings. The molecule has 1 unspecified atom stereocenters. The lowest BCUT2D eigenvalue weighted by Crippen LogP contribution is -2.36. The lowest BCUT2D eigenvalue weighted by atomic mass is 10.2. The highest BCUT2D eigenvalue weighted by Gasteiger charge is 2.30. The minimum absolute atomic E-state index is 0.285. The lowest BCUT2D eigenvalue weighted by Gasteiger charge is -2.25. The second-order valence-corrected chi connectivity index (χ2v) is 6.48. The van der Waals surface area contributed by atoms with Gasteiger partial charge in [0.1, 0.15) is 11.6 Å². The maximum atomic E-state index is 13.8. The molecule has 3 nitrogen and oxygen atoms in total. The highest BCUT2D eigenvalue weighted by Crippen LogP contribution is 2.29. The fourth-order valence-electron chi connectivity index (χ4n) is 2.41. The van der Waals surface area contributed by atoms with Crippen LogP contribution in [-0.2, 0) is 11.3 Å². The van der Waals surface area contributed by atoms with E-state index >= 15 is 0 Å². The molecule has 1 aromatic rings. The number of hydrogen-bond acceptors (Lipinski definition) is 3. The van der Waals surface area contributed by atoms with Crippen LogP contribution in [0.4, 0.5) is 8.78 Å². The van der Waals surface area contributed by atoms with Gasteiger partial charge in [-0.15, -0.1) is 0 Å². The van der Waals surface area contributed by atoms with E-state index in [-0.39, 0.29) is 6.61 Å². The summed E-state index contributed by atoms with van der Waals surface area (Å²) in [5, 5.41) is 10.1. The average molecular weight is 313 g/mol. The molecule has 1 fully saturated rings. The van der Waals surface area contributed by atoms with Crippen LogP contribution in [0.1, 0.15) is 32.3 Å². The van der Waals surface area contributed by atoms with Gasteiger partial charge in [0.2, 0.25) is 0 Å². The number of ether oxygens (including phenoxy) is 1. The topological polar surface area (TPSA) is 32.7 Å². The first-order valence-corrected chi connectivity index (χ1v) is 7.89. The van der Waals surface area contributed by atoms with Crippen molar-refractivity contribution in [3.8, 4) is 0 Å². The average Bonchev–Trinajstić information content (AvgIpc) is 3.24. The lowest BCUT2D eigenvalue weighted by molar-refractivity contribution is 0.00532. The summed E-state index contributed by atoms with van der Waals surface area (Å²) in [6.07, 6.45) is 1.52. The fraction of sp³-hybridized carbons (Fsp3) is 0.647. The number of halogens is 2. The van der Waals surface area contributed by atoms with Crippen LogP contribution in [0.2, 0.25) is 0 Å². The van der Waals surface area contributed by atoms with Gasteiger partial charge in [0.05, 0.1) is 12.7 Å². The highest BCUT2D eigenvalue weighted by molar-refractivity contribution is 5.18. The van der Waals surface area contributed by atoms with Gasteiger partial charge in [0, 0.05) is 37.4 Å². The summed E-state index contributed by atoms with van der Waals surface area (Å²) in [5.41, 5.74) is 0.462. The van der Waals surface area contributed by atoms with Crippen molar-refractivity contribution in [1.82, 2.24) is 4.90 Å². The minimum Gasteiger partial charge on any atom is -0.389 e. The Bertz CT molecular complexity index is 478. The van der Waals surface area contributed by atoms with Gasteiger partial charge in [0.15, 0.2) is 0 Å². The van der Waals surface area contributed by atoms with Crippen molar-refractivity contribution in [2.75, 3.05) is 19.8 Å². The van der Waals surface area contributed by atoms with Gasteiger partial charge >= 0.3 is 0 Å². The molecule has 2 rings (SSSR count). The fourth-order valence-corrected chi connectivity index (χ4v) is 2.41. The number of rotatable bonds is 9. The first kappa shape index (κ1) is 17.3. The van der Waals surface area contributed by atoms with Gasteiger partial charge < -0.3 is 9.84 Å². The zero-order chi connectivity index (χ0) is 16.1. The SMILES string of the molecule is CC(C)COCC(O)CN(Cc1ccc(F)cc1F)C1CC1. The number of nitrogens with zero attached hydrogens (tertiary/aromatic N) is 1. The molecule has 0 saturated heterocycles. The van der Waals surface area contributed by atoms with Gasteiger partial charge in [-0.3, -0.25) is 4.90 Å². The third kappa shape index (κ3) is 5.63. The first-order chi connectivity index (χ1) is 10.5. The molecule has 22 heavy (non-hydrogen) atoms. The molecule has 5 heteroatoms. The largest absolute Gasteiger partial charge is 0.389 e. The maximum absolute atomic E-state index is 13.8. The summed E-state index contributed by atoms with van der Waals surface area (Å²) in [6.45, 7) is 5.85. The van der Waals surface area contributed by atoms with E-state index in [0.29, 0.717) is 37.2 Å². The molecule has 124 valence electrons. The quantitative estimate of drug-likeness (QED) is 0.761. The van der Waals surface area contributed by atoms with E-state index in [1.54, 1.807) is 0 Å². The van der Waals surface area contributed by atoms with Crippen molar-refractivity contribution in [1.29, 1.82) is 0 Å². The number of aliphatic hydroxyl groups excluding tert-OH is 1. The van der Waals surface area contributed by atoms with Crippen molar-refractivity contribution in [2.24, 2.45) is 5.92 Å². The van der Waals surface area contributed by atoms with E-state index in [9.17, 15) is 13.9 Å². The van der Waals surface area contributed by atoms with E-state index in [2.05, 4.69) is 18.7 Å². The summed E-state index contributed by atoms with van der Waals surface area (Å²) >= 11 is 0. The Morgan fingerprint density at radius 3 is 2.59 bits per heavy atom. The van der Waals surface area contributed by atoms with Crippen molar-refractivity contribution in [3.05, 3.63) is 35.4 Å². The van der Waals surface area contributed by atoms with E-state index in [1.807, 2.05) is 0 Å². The van der Waals surface area contributed by atoms with Crippen LogP contribution in [0.15, 0.2) is 18.2 Å². The van der Waals surface area contributed by atoms with Crippen molar-refractivity contribution < 1.29 is 18.6 Å². The predicted molar refractivity (Wildman–Crippen MR) is 81.5 cm³/mol. The Morgan fingerprint density at radius 2 is 2.00 bits per heavy atom.